The van der Waals surface area contributed by atoms with E-state index in [-0.39, 0.29) is 31.1 Å². The molecule has 5 amide bonds. The first kappa shape index (κ1) is 46.6. The molecule has 53 heavy (non-hydrogen) atoms. The summed E-state index contributed by atoms with van der Waals surface area (Å²) < 4.78 is 6.06. The van der Waals surface area contributed by atoms with Crippen LogP contribution in [-0.4, -0.2) is 105 Å². The molecule has 0 aliphatic rings. The molecule has 0 radical (unpaired) electrons. The maximum Gasteiger partial charge on any atom is 0.407 e. The number of carbonyl (C=O) groups excluding carboxylic acids is 4. The number of ether oxygens (including phenoxy) is 1. The standard InChI is InChI=1S/C35H55BrN6O11/c1-35(2,3)53-34(52)39-20-7-4-10-25(37)30(46)38-19-8-5-12-28(43)42(22-23-13-15-24(36)16-14-23)21-9-6-11-26(31(47)48)40-33(51)41-27(32(49)50)17-18-29(44)45/h13-16,25-27H,4-12,17-22,37H2,1-3H3,(H,38,46)(H,39,52)(H,44,45)(H,47,48)(H,49,50)(H2,40,41,51)/t25-,26-,27-/m0/s1. The minimum Gasteiger partial charge on any atom is -0.481 e. The highest BCUT2D eigenvalue weighted by molar-refractivity contribution is 9.10. The lowest BCUT2D eigenvalue weighted by Crippen LogP contribution is -2.51. The molecule has 0 unspecified atom stereocenters. The van der Waals surface area contributed by atoms with Crippen molar-refractivity contribution < 1.29 is 53.6 Å². The third-order valence-corrected chi connectivity index (χ3v) is 8.26. The van der Waals surface area contributed by atoms with Crippen molar-refractivity contribution >= 4 is 57.8 Å². The molecule has 1 aromatic rings. The summed E-state index contributed by atoms with van der Waals surface area (Å²) in [5.74, 6) is -4.44. The van der Waals surface area contributed by atoms with Gasteiger partial charge in [-0.3, -0.25) is 14.4 Å². The number of carbonyl (C=O) groups is 7. The Labute approximate surface area is 318 Å². The Bertz CT molecular complexity index is 1360. The molecule has 0 heterocycles. The van der Waals surface area contributed by atoms with E-state index in [9.17, 15) is 43.8 Å². The Kier molecular flexibility index (Phi) is 21.7. The van der Waals surface area contributed by atoms with Crippen molar-refractivity contribution in [3.8, 4) is 0 Å². The second-order valence-electron chi connectivity index (χ2n) is 13.5. The fourth-order valence-electron chi connectivity index (χ4n) is 4.92. The second-order valence-corrected chi connectivity index (χ2v) is 14.5. The first-order valence-electron chi connectivity index (χ1n) is 17.6. The van der Waals surface area contributed by atoms with Crippen LogP contribution in [0.1, 0.15) is 97.0 Å². The van der Waals surface area contributed by atoms with Gasteiger partial charge in [-0.1, -0.05) is 28.1 Å². The number of nitrogens with two attached hydrogens (primary N) is 1. The molecule has 3 atom stereocenters. The number of aliphatic carboxylic acids is 3. The Morgan fingerprint density at radius 2 is 1.34 bits per heavy atom. The van der Waals surface area contributed by atoms with Crippen molar-refractivity contribution in [2.45, 2.75) is 122 Å². The van der Waals surface area contributed by atoms with E-state index in [2.05, 4.69) is 37.2 Å². The number of halogens is 1. The lowest BCUT2D eigenvalue weighted by atomic mass is 10.1. The molecule has 1 aromatic carbocycles. The molecule has 0 aliphatic carbocycles. The van der Waals surface area contributed by atoms with Crippen LogP contribution in [0, 0.1) is 0 Å². The first-order chi connectivity index (χ1) is 24.9. The third-order valence-electron chi connectivity index (χ3n) is 7.73. The number of nitrogens with one attached hydrogen (secondary N) is 4. The van der Waals surface area contributed by atoms with Crippen LogP contribution in [0.5, 0.6) is 0 Å². The molecule has 0 bridgehead atoms. The number of alkyl carbamates (subject to hydrolysis) is 1. The van der Waals surface area contributed by atoms with Gasteiger partial charge in [0.1, 0.15) is 17.7 Å². The van der Waals surface area contributed by atoms with Crippen LogP contribution in [0.2, 0.25) is 0 Å². The molecule has 0 saturated carbocycles. The summed E-state index contributed by atoms with van der Waals surface area (Å²) in [5.41, 5.74) is 6.32. The average Bonchev–Trinajstić information content (AvgIpc) is 3.06. The fourth-order valence-corrected chi connectivity index (χ4v) is 5.19. The van der Waals surface area contributed by atoms with E-state index in [1.807, 2.05) is 24.3 Å². The average molecular weight is 816 g/mol. The van der Waals surface area contributed by atoms with Crippen LogP contribution in [0.3, 0.4) is 0 Å². The van der Waals surface area contributed by atoms with Crippen molar-refractivity contribution in [2.24, 2.45) is 5.73 Å². The summed E-state index contributed by atoms with van der Waals surface area (Å²) in [6, 6.07) is 2.87. The molecule has 0 fully saturated rings. The molecule has 298 valence electrons. The van der Waals surface area contributed by atoms with Crippen LogP contribution in [0.15, 0.2) is 28.7 Å². The number of amides is 5. The van der Waals surface area contributed by atoms with Gasteiger partial charge in [-0.15, -0.1) is 0 Å². The van der Waals surface area contributed by atoms with Crippen molar-refractivity contribution in [3.63, 3.8) is 0 Å². The van der Waals surface area contributed by atoms with Gasteiger partial charge < -0.3 is 52.0 Å². The van der Waals surface area contributed by atoms with Crippen molar-refractivity contribution in [1.82, 2.24) is 26.2 Å². The Balaban J connectivity index is 2.55. The molecular weight excluding hydrogens is 760 g/mol. The largest absolute Gasteiger partial charge is 0.481 e. The molecule has 18 heteroatoms. The second kappa shape index (κ2) is 24.7. The lowest BCUT2D eigenvalue weighted by molar-refractivity contribution is -0.141. The van der Waals surface area contributed by atoms with Crippen LogP contribution < -0.4 is 27.0 Å². The monoisotopic (exact) mass is 814 g/mol. The number of hydrogen-bond acceptors (Lipinski definition) is 9. The number of carboxylic acid groups (broad SMARTS) is 3. The predicted molar refractivity (Wildman–Crippen MR) is 198 cm³/mol. The molecular formula is C35H55BrN6O11. The highest BCUT2D eigenvalue weighted by atomic mass is 79.9. The van der Waals surface area contributed by atoms with E-state index in [0.29, 0.717) is 71.1 Å². The zero-order valence-corrected chi connectivity index (χ0v) is 32.2. The third kappa shape index (κ3) is 22.3. The van der Waals surface area contributed by atoms with Crippen LogP contribution in [0.25, 0.3) is 0 Å². The van der Waals surface area contributed by atoms with Gasteiger partial charge in [0, 0.05) is 43.5 Å². The maximum absolute atomic E-state index is 13.3. The molecule has 0 saturated heterocycles. The zero-order chi connectivity index (χ0) is 40.0. The van der Waals surface area contributed by atoms with Crippen LogP contribution >= 0.6 is 15.9 Å². The van der Waals surface area contributed by atoms with Gasteiger partial charge in [0.15, 0.2) is 0 Å². The number of urea groups is 1. The van der Waals surface area contributed by atoms with Crippen molar-refractivity contribution in [1.29, 1.82) is 0 Å². The highest BCUT2D eigenvalue weighted by Gasteiger charge is 2.25. The van der Waals surface area contributed by atoms with Gasteiger partial charge in [-0.2, -0.15) is 0 Å². The van der Waals surface area contributed by atoms with Gasteiger partial charge >= 0.3 is 30.0 Å². The topological polar surface area (TPSA) is 267 Å². The van der Waals surface area contributed by atoms with Crippen LogP contribution in [0.4, 0.5) is 9.59 Å². The Morgan fingerprint density at radius 1 is 0.774 bits per heavy atom. The van der Waals surface area contributed by atoms with E-state index in [4.69, 9.17) is 15.6 Å². The number of carboxylic acids is 3. The van der Waals surface area contributed by atoms with Gasteiger partial charge in [0.2, 0.25) is 11.8 Å². The van der Waals surface area contributed by atoms with E-state index < -0.39 is 60.2 Å². The zero-order valence-electron chi connectivity index (χ0n) is 30.7. The van der Waals surface area contributed by atoms with Gasteiger partial charge in [0.25, 0.3) is 0 Å². The SMILES string of the molecule is CC(C)(C)OC(=O)NCCCC[C@H](N)C(=O)NCCCCC(=O)N(CCCC[C@H](NC(=O)N[C@@H](CCC(=O)O)C(=O)O)C(=O)O)Cc1ccc(Br)cc1. The number of benzene rings is 1. The van der Waals surface area contributed by atoms with Crippen molar-refractivity contribution in [3.05, 3.63) is 34.3 Å². The summed E-state index contributed by atoms with van der Waals surface area (Å²) in [7, 11) is 0. The highest BCUT2D eigenvalue weighted by Crippen LogP contribution is 2.15. The smallest absolute Gasteiger partial charge is 0.407 e. The van der Waals surface area contributed by atoms with Crippen molar-refractivity contribution in [2.75, 3.05) is 19.6 Å². The number of hydrogen-bond donors (Lipinski definition) is 8. The minimum absolute atomic E-state index is 0.000732. The van der Waals surface area contributed by atoms with E-state index in [1.165, 1.54) is 0 Å². The first-order valence-corrected chi connectivity index (χ1v) is 18.4. The predicted octanol–water partition coefficient (Wildman–Crippen LogP) is 3.33. The fraction of sp³-hybridized carbons (Fsp3) is 0.629. The van der Waals surface area contributed by atoms with Gasteiger partial charge in [-0.25, -0.2) is 19.2 Å². The summed E-state index contributed by atoms with van der Waals surface area (Å²) in [5, 5.41) is 37.4. The quantitative estimate of drug-likeness (QED) is 0.0661. The molecule has 1 rings (SSSR count). The molecule has 0 spiro atoms. The minimum atomic E-state index is -1.51. The van der Waals surface area contributed by atoms with Gasteiger partial charge in [0.05, 0.1) is 6.04 Å². The number of unbranched alkanes of at least 4 members (excludes halogenated alkanes) is 3. The number of rotatable bonds is 25. The summed E-state index contributed by atoms with van der Waals surface area (Å²) in [4.78, 5) is 85.3. The Morgan fingerprint density at radius 3 is 1.92 bits per heavy atom. The number of nitrogens with zero attached hydrogens (tertiary/aromatic N) is 1. The summed E-state index contributed by atoms with van der Waals surface area (Å²) in [6.07, 6.45) is 2.35. The Hall–Kier alpha value is -4.45. The van der Waals surface area contributed by atoms with Gasteiger partial charge in [-0.05, 0) is 96.3 Å². The van der Waals surface area contributed by atoms with E-state index in [0.717, 1.165) is 10.0 Å². The molecule has 0 aliphatic heterocycles. The molecule has 0 aromatic heterocycles. The normalized spacial score (nSPS) is 12.8. The van der Waals surface area contributed by atoms with E-state index in [1.54, 1.807) is 25.7 Å². The molecule has 17 nitrogen and oxygen atoms in total. The lowest BCUT2D eigenvalue weighted by Gasteiger charge is -2.24. The maximum atomic E-state index is 13.3. The van der Waals surface area contributed by atoms with E-state index >= 15 is 0 Å². The summed E-state index contributed by atoms with van der Waals surface area (Å²) in [6.45, 7) is 6.71. The molecule has 9 N–H and O–H groups in total. The van der Waals surface area contributed by atoms with Crippen LogP contribution in [-0.2, 0) is 35.3 Å². The summed E-state index contributed by atoms with van der Waals surface area (Å²) >= 11 is 3.40.